The zero-order chi connectivity index (χ0) is 24.1. The molecule has 0 aliphatic rings. The third-order valence-corrected chi connectivity index (χ3v) is 6.38. The van der Waals surface area contributed by atoms with Crippen molar-refractivity contribution < 1.29 is 9.84 Å². The van der Waals surface area contributed by atoms with Crippen molar-refractivity contribution in [2.75, 3.05) is 6.61 Å². The molecule has 0 aliphatic carbocycles. The molecule has 0 radical (unpaired) electrons. The van der Waals surface area contributed by atoms with Crippen molar-refractivity contribution in [2.24, 2.45) is 14.1 Å². The van der Waals surface area contributed by atoms with Crippen LogP contribution in [0.2, 0.25) is 0 Å². The second-order valence-electron chi connectivity index (χ2n) is 8.93. The number of imidazole rings is 1. The van der Waals surface area contributed by atoms with Crippen LogP contribution in [0, 0.1) is 0 Å². The van der Waals surface area contributed by atoms with E-state index in [1.54, 1.807) is 23.2 Å². The first kappa shape index (κ1) is 23.8. The maximum atomic E-state index is 12.1. The Bertz CT molecular complexity index is 1280. The molecule has 0 unspecified atom stereocenters. The van der Waals surface area contributed by atoms with Crippen molar-refractivity contribution in [2.45, 2.75) is 38.5 Å². The van der Waals surface area contributed by atoms with E-state index in [1.165, 1.54) is 11.1 Å². The predicted octanol–water partition coefficient (Wildman–Crippen LogP) is 4.10. The molecule has 2 N–H and O–H groups in total. The first-order chi connectivity index (χ1) is 16.4. The highest BCUT2D eigenvalue weighted by molar-refractivity contribution is 5.77. The van der Waals surface area contributed by atoms with Crippen molar-refractivity contribution in [1.82, 2.24) is 14.5 Å². The molecule has 2 atom stereocenters. The van der Waals surface area contributed by atoms with Crippen LogP contribution in [0.5, 0.6) is 5.75 Å². The van der Waals surface area contributed by atoms with Crippen LogP contribution in [0.25, 0.3) is 11.0 Å². The highest BCUT2D eigenvalue weighted by Gasteiger charge is 2.13. The van der Waals surface area contributed by atoms with E-state index >= 15 is 0 Å². The van der Waals surface area contributed by atoms with E-state index in [0.29, 0.717) is 11.8 Å². The van der Waals surface area contributed by atoms with Gasteiger partial charge in [0.2, 0.25) is 0 Å². The number of nitrogens with zero attached hydrogens (tertiary/aromatic N) is 2. The topological polar surface area (TPSA) is 68.4 Å². The van der Waals surface area contributed by atoms with E-state index in [4.69, 9.17) is 4.74 Å². The van der Waals surface area contributed by atoms with Crippen LogP contribution in [-0.2, 0) is 27.1 Å². The third-order valence-electron chi connectivity index (χ3n) is 6.38. The molecule has 4 rings (SSSR count). The van der Waals surface area contributed by atoms with Crippen LogP contribution in [0.15, 0.2) is 77.6 Å². The lowest BCUT2D eigenvalue weighted by Crippen LogP contribution is -2.25. The zero-order valence-electron chi connectivity index (χ0n) is 20.1. The smallest absolute Gasteiger partial charge is 0.328 e. The highest BCUT2D eigenvalue weighted by Crippen LogP contribution is 2.21. The number of nitrogens with one attached hydrogen (secondary N) is 1. The number of aliphatic hydroxyl groups excluding tert-OH is 1. The van der Waals surface area contributed by atoms with Gasteiger partial charge >= 0.3 is 5.69 Å². The second-order valence-corrected chi connectivity index (χ2v) is 8.93. The molecule has 178 valence electrons. The Morgan fingerprint density at radius 1 is 0.912 bits per heavy atom. The molecule has 34 heavy (non-hydrogen) atoms. The first-order valence-electron chi connectivity index (χ1n) is 11.7. The number of rotatable bonds is 10. The van der Waals surface area contributed by atoms with E-state index in [2.05, 4.69) is 36.5 Å². The van der Waals surface area contributed by atoms with Crippen molar-refractivity contribution in [3.05, 3.63) is 100.0 Å². The van der Waals surface area contributed by atoms with Gasteiger partial charge in [0.05, 0.1) is 11.0 Å². The van der Waals surface area contributed by atoms with Gasteiger partial charge in [-0.3, -0.25) is 9.13 Å². The molecule has 0 fully saturated rings. The summed E-state index contributed by atoms with van der Waals surface area (Å²) in [5.41, 5.74) is 4.82. The fraction of sp³-hybridized carbons (Fsp3) is 0.321. The monoisotopic (exact) mass is 459 g/mol. The van der Waals surface area contributed by atoms with E-state index < -0.39 is 6.10 Å². The third kappa shape index (κ3) is 5.58. The van der Waals surface area contributed by atoms with Crippen molar-refractivity contribution >= 4 is 11.0 Å². The number of hydrogen-bond acceptors (Lipinski definition) is 4. The van der Waals surface area contributed by atoms with Crippen molar-refractivity contribution in [3.8, 4) is 5.75 Å². The molecule has 0 saturated heterocycles. The molecule has 3 aromatic carbocycles. The summed E-state index contributed by atoms with van der Waals surface area (Å²) in [7, 11) is 3.48. The van der Waals surface area contributed by atoms with E-state index in [0.717, 1.165) is 36.0 Å². The van der Waals surface area contributed by atoms with Crippen LogP contribution >= 0.6 is 0 Å². The maximum absolute atomic E-state index is 12.1. The van der Waals surface area contributed by atoms with Crippen molar-refractivity contribution in [1.29, 1.82) is 0 Å². The van der Waals surface area contributed by atoms with Gasteiger partial charge in [0, 0.05) is 26.7 Å². The summed E-state index contributed by atoms with van der Waals surface area (Å²) in [4.78, 5) is 12.1. The Hall–Kier alpha value is -3.35. The van der Waals surface area contributed by atoms with Gasteiger partial charge in [-0.25, -0.2) is 4.79 Å². The fourth-order valence-electron chi connectivity index (χ4n) is 4.13. The normalized spacial score (nSPS) is 13.2. The summed E-state index contributed by atoms with van der Waals surface area (Å²) < 4.78 is 9.00. The molecule has 0 aliphatic heterocycles. The average Bonchev–Trinajstić information content (AvgIpc) is 3.09. The highest BCUT2D eigenvalue weighted by atomic mass is 16.5. The number of benzene rings is 3. The lowest BCUT2D eigenvalue weighted by atomic mass is 10.1. The average molecular weight is 460 g/mol. The summed E-state index contributed by atoms with van der Waals surface area (Å²) in [6.07, 6.45) is 1.37. The second kappa shape index (κ2) is 10.7. The SMILES string of the molecule is C[C@H](CCc1ccccc1)NCc1ccc(OC[C@H](O)c2ccc3c(c2)n(C)c(=O)n3C)cc1. The van der Waals surface area contributed by atoms with Crippen LogP contribution < -0.4 is 15.7 Å². The van der Waals surface area contributed by atoms with Crippen LogP contribution in [0.4, 0.5) is 0 Å². The molecule has 1 heterocycles. The molecule has 1 aromatic heterocycles. The van der Waals surface area contributed by atoms with E-state index in [1.807, 2.05) is 48.5 Å². The quantitative estimate of drug-likeness (QED) is 0.375. The van der Waals surface area contributed by atoms with Gasteiger partial charge in [0.25, 0.3) is 0 Å². The van der Waals surface area contributed by atoms with Crippen LogP contribution in [0.1, 0.15) is 36.1 Å². The molecule has 0 spiro atoms. The van der Waals surface area contributed by atoms with E-state index in [-0.39, 0.29) is 12.3 Å². The van der Waals surface area contributed by atoms with E-state index in [9.17, 15) is 9.90 Å². The minimum atomic E-state index is -0.786. The lowest BCUT2D eigenvalue weighted by molar-refractivity contribution is 0.108. The number of aliphatic hydroxyl groups is 1. The number of aromatic nitrogens is 2. The molecule has 0 bridgehead atoms. The Morgan fingerprint density at radius 2 is 1.62 bits per heavy atom. The molecular formula is C28H33N3O3. The molecule has 0 amide bonds. The zero-order valence-corrected chi connectivity index (χ0v) is 20.1. The predicted molar refractivity (Wildman–Crippen MR) is 136 cm³/mol. The summed E-state index contributed by atoms with van der Waals surface area (Å²) in [5.74, 6) is 0.716. The molecule has 4 aromatic rings. The van der Waals surface area contributed by atoms with Crippen LogP contribution in [-0.4, -0.2) is 26.9 Å². The molecule has 6 heteroatoms. The van der Waals surface area contributed by atoms with Gasteiger partial charge in [-0.2, -0.15) is 0 Å². The van der Waals surface area contributed by atoms with Crippen LogP contribution in [0.3, 0.4) is 0 Å². The van der Waals surface area contributed by atoms with Gasteiger partial charge in [-0.15, -0.1) is 0 Å². The lowest BCUT2D eigenvalue weighted by Gasteiger charge is -2.15. The number of fused-ring (bicyclic) bond motifs is 1. The standard InChI is InChI=1S/C28H33N3O3/c1-20(9-10-21-7-5-4-6-8-21)29-18-22-11-14-24(15-12-22)34-19-27(32)23-13-16-25-26(17-23)31(3)28(33)30(25)2/h4-8,11-17,20,27,29,32H,9-10,18-19H2,1-3H3/t20-,27+/m1/s1. The van der Waals surface area contributed by atoms with Crippen molar-refractivity contribution in [3.63, 3.8) is 0 Å². The number of aryl methyl sites for hydroxylation is 3. The Labute approximate surface area is 200 Å². The Kier molecular flexibility index (Phi) is 7.50. The van der Waals surface area contributed by atoms with Gasteiger partial charge in [-0.1, -0.05) is 48.5 Å². The minimum absolute atomic E-state index is 0.0851. The number of ether oxygens (including phenoxy) is 1. The Morgan fingerprint density at radius 3 is 2.35 bits per heavy atom. The largest absolute Gasteiger partial charge is 0.491 e. The Balaban J connectivity index is 1.26. The maximum Gasteiger partial charge on any atom is 0.328 e. The first-order valence-corrected chi connectivity index (χ1v) is 11.7. The summed E-state index contributed by atoms with van der Waals surface area (Å²) in [6, 6.07) is 24.5. The van der Waals surface area contributed by atoms with Gasteiger partial charge in [-0.05, 0) is 60.7 Å². The summed E-state index contributed by atoms with van der Waals surface area (Å²) >= 11 is 0. The summed E-state index contributed by atoms with van der Waals surface area (Å²) in [6.45, 7) is 3.15. The van der Waals surface area contributed by atoms with Gasteiger partial charge < -0.3 is 15.2 Å². The fourth-order valence-corrected chi connectivity index (χ4v) is 4.13. The summed E-state index contributed by atoms with van der Waals surface area (Å²) in [5, 5.41) is 14.2. The minimum Gasteiger partial charge on any atom is -0.491 e. The molecule has 0 saturated carbocycles. The molecule has 6 nitrogen and oxygen atoms in total. The van der Waals surface area contributed by atoms with Gasteiger partial charge in [0.15, 0.2) is 0 Å². The molecular weight excluding hydrogens is 426 g/mol. The van der Waals surface area contributed by atoms with Gasteiger partial charge in [0.1, 0.15) is 18.5 Å². The number of hydrogen-bond donors (Lipinski definition) is 2.